The van der Waals surface area contributed by atoms with Crippen LogP contribution in [0.4, 0.5) is 5.69 Å². The summed E-state index contributed by atoms with van der Waals surface area (Å²) in [5.74, 6) is 1.01. The first-order chi connectivity index (χ1) is 12.6. The summed E-state index contributed by atoms with van der Waals surface area (Å²) in [6.45, 7) is 0. The third kappa shape index (κ3) is 3.89. The molecule has 0 aromatic heterocycles. The van der Waals surface area contributed by atoms with Crippen molar-refractivity contribution in [3.05, 3.63) is 70.7 Å². The summed E-state index contributed by atoms with van der Waals surface area (Å²) < 4.78 is 11.4. The molecule has 3 aromatic rings. The van der Waals surface area contributed by atoms with E-state index in [4.69, 9.17) is 9.47 Å². The highest BCUT2D eigenvalue weighted by Gasteiger charge is 2.09. The highest BCUT2D eigenvalue weighted by molar-refractivity contribution is 9.10. The van der Waals surface area contributed by atoms with Crippen molar-refractivity contribution in [1.82, 2.24) is 0 Å². The van der Waals surface area contributed by atoms with Crippen molar-refractivity contribution in [2.45, 2.75) is 0 Å². The summed E-state index contributed by atoms with van der Waals surface area (Å²) in [5.41, 5.74) is 1.61. The van der Waals surface area contributed by atoms with E-state index in [-0.39, 0.29) is 5.91 Å². The van der Waals surface area contributed by atoms with Gasteiger partial charge in [0.1, 0.15) is 0 Å². The van der Waals surface area contributed by atoms with Gasteiger partial charge in [-0.25, -0.2) is 0 Å². The van der Waals surface area contributed by atoms with Crippen LogP contribution in [0.2, 0.25) is 0 Å². The second kappa shape index (κ2) is 8.06. The molecular formula is C21H18BrNO3. The average molecular weight is 412 g/mol. The Balaban J connectivity index is 1.80. The molecule has 0 aliphatic heterocycles. The third-order valence-electron chi connectivity index (χ3n) is 3.93. The number of amides is 1. The maximum atomic E-state index is 12.3. The molecule has 0 radical (unpaired) electrons. The Morgan fingerprint density at radius 2 is 1.81 bits per heavy atom. The van der Waals surface area contributed by atoms with E-state index in [9.17, 15) is 4.79 Å². The van der Waals surface area contributed by atoms with Gasteiger partial charge in [0.25, 0.3) is 0 Å². The Morgan fingerprint density at radius 1 is 1.04 bits per heavy atom. The number of hydrogen-bond donors (Lipinski definition) is 1. The highest BCUT2D eigenvalue weighted by Crippen LogP contribution is 2.36. The van der Waals surface area contributed by atoms with Gasteiger partial charge in [-0.1, -0.05) is 36.4 Å². The standard InChI is InChI=1S/C21H18BrNO3/c1-25-19-13-14(12-17(22)21(19)26-2)10-11-20(24)23-18-9-5-7-15-6-3-4-8-16(15)18/h3-13H,1-2H3,(H,23,24). The molecule has 5 heteroatoms. The van der Waals surface area contributed by atoms with Gasteiger partial charge in [-0.15, -0.1) is 0 Å². The average Bonchev–Trinajstić information content (AvgIpc) is 2.66. The Bertz CT molecular complexity index is 977. The minimum atomic E-state index is -0.202. The number of carbonyl (C=O) groups excluding carboxylic acids is 1. The molecule has 0 atom stereocenters. The van der Waals surface area contributed by atoms with Gasteiger partial charge >= 0.3 is 0 Å². The zero-order valence-corrected chi connectivity index (χ0v) is 16.0. The zero-order valence-electron chi connectivity index (χ0n) is 14.5. The lowest BCUT2D eigenvalue weighted by Crippen LogP contribution is -2.08. The molecule has 3 rings (SSSR count). The van der Waals surface area contributed by atoms with Crippen molar-refractivity contribution in [2.24, 2.45) is 0 Å². The smallest absolute Gasteiger partial charge is 0.248 e. The van der Waals surface area contributed by atoms with Gasteiger partial charge in [0.05, 0.1) is 18.7 Å². The quantitative estimate of drug-likeness (QED) is 0.581. The van der Waals surface area contributed by atoms with Gasteiger partial charge in [-0.05, 0) is 51.2 Å². The fraction of sp³-hybridized carbons (Fsp3) is 0.0952. The Hall–Kier alpha value is -2.79. The van der Waals surface area contributed by atoms with Crippen molar-refractivity contribution >= 4 is 44.4 Å². The van der Waals surface area contributed by atoms with Crippen LogP contribution in [0.25, 0.3) is 16.8 Å². The van der Waals surface area contributed by atoms with Gasteiger partial charge in [-0.2, -0.15) is 0 Å². The molecule has 1 N–H and O–H groups in total. The van der Waals surface area contributed by atoms with Crippen LogP contribution in [0.3, 0.4) is 0 Å². The number of anilines is 1. The van der Waals surface area contributed by atoms with Crippen LogP contribution in [-0.4, -0.2) is 20.1 Å². The summed E-state index contributed by atoms with van der Waals surface area (Å²) in [7, 11) is 3.15. The first kappa shape index (κ1) is 18.0. The minimum Gasteiger partial charge on any atom is -0.493 e. The Kier molecular flexibility index (Phi) is 5.58. The number of nitrogens with one attached hydrogen (secondary N) is 1. The number of fused-ring (bicyclic) bond motifs is 1. The molecule has 26 heavy (non-hydrogen) atoms. The van der Waals surface area contributed by atoms with Crippen LogP contribution in [0.1, 0.15) is 5.56 Å². The third-order valence-corrected chi connectivity index (χ3v) is 4.52. The summed E-state index contributed by atoms with van der Waals surface area (Å²) in [5, 5.41) is 5.01. The van der Waals surface area contributed by atoms with Crippen LogP contribution < -0.4 is 14.8 Å². The van der Waals surface area contributed by atoms with Crippen molar-refractivity contribution in [3.63, 3.8) is 0 Å². The molecule has 0 unspecified atom stereocenters. The normalized spacial score (nSPS) is 10.9. The van der Waals surface area contributed by atoms with Crippen LogP contribution in [0, 0.1) is 0 Å². The molecule has 0 saturated heterocycles. The van der Waals surface area contributed by atoms with E-state index in [0.29, 0.717) is 11.5 Å². The van der Waals surface area contributed by atoms with Gasteiger partial charge in [0.15, 0.2) is 11.5 Å². The van der Waals surface area contributed by atoms with E-state index in [1.165, 1.54) is 6.08 Å². The largest absolute Gasteiger partial charge is 0.493 e. The lowest BCUT2D eigenvalue weighted by Gasteiger charge is -2.10. The molecular weight excluding hydrogens is 394 g/mol. The topological polar surface area (TPSA) is 47.6 Å². The predicted octanol–water partition coefficient (Wildman–Crippen LogP) is 5.27. The van der Waals surface area contributed by atoms with Crippen molar-refractivity contribution in [2.75, 3.05) is 19.5 Å². The maximum Gasteiger partial charge on any atom is 0.248 e. The molecule has 0 fully saturated rings. The molecule has 0 saturated carbocycles. The monoisotopic (exact) mass is 411 g/mol. The van der Waals surface area contributed by atoms with E-state index in [2.05, 4.69) is 21.2 Å². The van der Waals surface area contributed by atoms with Crippen molar-refractivity contribution in [3.8, 4) is 11.5 Å². The number of benzene rings is 3. The molecule has 0 spiro atoms. The maximum absolute atomic E-state index is 12.3. The van der Waals surface area contributed by atoms with Crippen molar-refractivity contribution < 1.29 is 14.3 Å². The van der Waals surface area contributed by atoms with Gasteiger partial charge in [0, 0.05) is 17.1 Å². The van der Waals surface area contributed by atoms with E-state index >= 15 is 0 Å². The van der Waals surface area contributed by atoms with Crippen LogP contribution in [-0.2, 0) is 4.79 Å². The zero-order chi connectivity index (χ0) is 18.5. The second-order valence-corrected chi connectivity index (χ2v) is 6.44. The summed E-state index contributed by atoms with van der Waals surface area (Å²) in [6, 6.07) is 17.4. The second-order valence-electron chi connectivity index (χ2n) is 5.59. The molecule has 4 nitrogen and oxygen atoms in total. The van der Waals surface area contributed by atoms with Gasteiger partial charge in [-0.3, -0.25) is 4.79 Å². The fourth-order valence-electron chi connectivity index (χ4n) is 2.71. The lowest BCUT2D eigenvalue weighted by atomic mass is 10.1. The van der Waals surface area contributed by atoms with Crippen LogP contribution >= 0.6 is 15.9 Å². The molecule has 0 aliphatic rings. The number of halogens is 1. The molecule has 0 bridgehead atoms. The molecule has 132 valence electrons. The number of ether oxygens (including phenoxy) is 2. The van der Waals surface area contributed by atoms with Gasteiger partial charge in [0.2, 0.25) is 5.91 Å². The molecule has 0 aliphatic carbocycles. The molecule has 3 aromatic carbocycles. The summed E-state index contributed by atoms with van der Waals surface area (Å²) >= 11 is 3.45. The van der Waals surface area contributed by atoms with Crippen molar-refractivity contribution in [1.29, 1.82) is 0 Å². The molecule has 0 heterocycles. The molecule has 1 amide bonds. The number of methoxy groups -OCH3 is 2. The Labute approximate surface area is 160 Å². The first-order valence-electron chi connectivity index (χ1n) is 8.00. The minimum absolute atomic E-state index is 0.202. The van der Waals surface area contributed by atoms with Gasteiger partial charge < -0.3 is 14.8 Å². The lowest BCUT2D eigenvalue weighted by molar-refractivity contribution is -0.111. The first-order valence-corrected chi connectivity index (χ1v) is 8.80. The number of carbonyl (C=O) groups is 1. The SMILES string of the molecule is COc1cc(C=CC(=O)Nc2cccc3ccccc23)cc(Br)c1OC. The van der Waals surface area contributed by atoms with E-state index in [0.717, 1.165) is 26.5 Å². The van der Waals surface area contributed by atoms with E-state index < -0.39 is 0 Å². The predicted molar refractivity (Wildman–Crippen MR) is 109 cm³/mol. The summed E-state index contributed by atoms with van der Waals surface area (Å²) in [6.07, 6.45) is 3.22. The number of hydrogen-bond acceptors (Lipinski definition) is 3. The fourth-order valence-corrected chi connectivity index (χ4v) is 3.34. The number of rotatable bonds is 5. The highest BCUT2D eigenvalue weighted by atomic mass is 79.9. The Morgan fingerprint density at radius 3 is 2.58 bits per heavy atom. The van der Waals surface area contributed by atoms with E-state index in [1.807, 2.05) is 54.6 Å². The van der Waals surface area contributed by atoms with Crippen LogP contribution in [0.15, 0.2) is 65.1 Å². The summed E-state index contributed by atoms with van der Waals surface area (Å²) in [4.78, 5) is 12.3. The van der Waals surface area contributed by atoms with E-state index in [1.54, 1.807) is 20.3 Å². The van der Waals surface area contributed by atoms with Crippen LogP contribution in [0.5, 0.6) is 11.5 Å².